The molecule has 0 unspecified atom stereocenters. The van der Waals surface area contributed by atoms with Crippen molar-refractivity contribution in [1.82, 2.24) is 0 Å². The van der Waals surface area contributed by atoms with Gasteiger partial charge in [0.1, 0.15) is 12.7 Å². The van der Waals surface area contributed by atoms with Crippen molar-refractivity contribution in [3.05, 3.63) is 0 Å². The fourth-order valence-electron chi connectivity index (χ4n) is 0.637. The summed E-state index contributed by atoms with van der Waals surface area (Å²) < 4.78 is 11.9. The maximum Gasteiger partial charge on any atom is 0.320 e. The van der Waals surface area contributed by atoms with Crippen LogP contribution >= 0.6 is 0 Å². The molecule has 0 aliphatic carbocycles. The van der Waals surface area contributed by atoms with Crippen molar-refractivity contribution >= 4 is 11.9 Å². The molecule has 0 bridgehead atoms. The summed E-state index contributed by atoms with van der Waals surface area (Å²) >= 11 is 0. The Morgan fingerprint density at radius 1 is 1.33 bits per heavy atom. The average Bonchev–Trinajstić information content (AvgIpc) is 1.98. The number of carbonyl (C=O) groups is 2. The molecule has 0 aromatic carbocycles. The van der Waals surface area contributed by atoms with Gasteiger partial charge in [0.25, 0.3) is 0 Å². The quantitative estimate of drug-likeness (QED) is 0.526. The van der Waals surface area contributed by atoms with Crippen LogP contribution in [0, 0.1) is 5.92 Å². The van der Waals surface area contributed by atoms with E-state index in [-0.39, 0.29) is 6.42 Å². The van der Waals surface area contributed by atoms with Gasteiger partial charge in [-0.15, -0.1) is 0 Å². The Labute approximate surface area is 68.0 Å². The molecule has 5 nitrogen and oxygen atoms in total. The van der Waals surface area contributed by atoms with Crippen LogP contribution in [0.5, 0.6) is 0 Å². The Bertz CT molecular complexity index is 184. The highest BCUT2D eigenvalue weighted by Crippen LogP contribution is 2.06. The predicted octanol–water partition coefficient (Wildman–Crippen LogP) is -0.541. The number of carboxylic acids is 2. The van der Waals surface area contributed by atoms with Gasteiger partial charge in [0.15, 0.2) is 0 Å². The van der Waals surface area contributed by atoms with Crippen LogP contribution in [-0.4, -0.2) is 34.9 Å². The van der Waals surface area contributed by atoms with Crippen LogP contribution in [0.4, 0.5) is 4.39 Å². The first-order valence-electron chi connectivity index (χ1n) is 3.26. The SMILES string of the molecule is N[C@@H](C[C@H](CF)C(=O)O)C(=O)O. The van der Waals surface area contributed by atoms with Crippen LogP contribution in [-0.2, 0) is 9.59 Å². The summed E-state index contributed by atoms with van der Waals surface area (Å²) in [6.07, 6.45) is -0.388. The van der Waals surface area contributed by atoms with Gasteiger partial charge < -0.3 is 15.9 Å². The van der Waals surface area contributed by atoms with E-state index in [4.69, 9.17) is 15.9 Å². The molecule has 12 heavy (non-hydrogen) atoms. The number of halogens is 1. The van der Waals surface area contributed by atoms with Crippen LogP contribution in [0.3, 0.4) is 0 Å². The first-order chi connectivity index (χ1) is 5.49. The van der Waals surface area contributed by atoms with E-state index < -0.39 is 30.6 Å². The highest BCUT2D eigenvalue weighted by atomic mass is 19.1. The van der Waals surface area contributed by atoms with Crippen molar-refractivity contribution in [2.45, 2.75) is 12.5 Å². The van der Waals surface area contributed by atoms with Crippen LogP contribution in [0.25, 0.3) is 0 Å². The van der Waals surface area contributed by atoms with E-state index in [1.165, 1.54) is 0 Å². The first kappa shape index (κ1) is 10.8. The number of hydrogen-bond acceptors (Lipinski definition) is 3. The van der Waals surface area contributed by atoms with Crippen molar-refractivity contribution in [2.24, 2.45) is 11.7 Å². The second-order valence-electron chi connectivity index (χ2n) is 2.37. The third-order valence-electron chi connectivity index (χ3n) is 1.39. The van der Waals surface area contributed by atoms with E-state index in [2.05, 4.69) is 0 Å². The normalized spacial score (nSPS) is 15.2. The molecule has 0 radical (unpaired) electrons. The van der Waals surface area contributed by atoms with E-state index in [1.807, 2.05) is 0 Å². The summed E-state index contributed by atoms with van der Waals surface area (Å²) in [6.45, 7) is -1.10. The molecule has 4 N–H and O–H groups in total. The average molecular weight is 179 g/mol. The Kier molecular flexibility index (Phi) is 4.20. The molecular weight excluding hydrogens is 169 g/mol. The molecule has 0 aromatic heterocycles. The number of nitrogens with two attached hydrogens (primary N) is 1. The maximum absolute atomic E-state index is 11.9. The molecule has 0 aliphatic heterocycles. The summed E-state index contributed by atoms with van der Waals surface area (Å²) in [5, 5.41) is 16.6. The fraction of sp³-hybridized carbons (Fsp3) is 0.667. The largest absolute Gasteiger partial charge is 0.481 e. The van der Waals surface area contributed by atoms with Crippen molar-refractivity contribution < 1.29 is 24.2 Å². The zero-order valence-electron chi connectivity index (χ0n) is 6.24. The maximum atomic E-state index is 11.9. The molecule has 0 saturated carbocycles. The van der Waals surface area contributed by atoms with Gasteiger partial charge in [0, 0.05) is 0 Å². The van der Waals surface area contributed by atoms with Crippen LogP contribution < -0.4 is 5.73 Å². The molecule has 0 amide bonds. The summed E-state index contributed by atoms with van der Waals surface area (Å²) in [5.74, 6) is -4.01. The third-order valence-corrected chi connectivity index (χ3v) is 1.39. The standard InChI is InChI=1S/C6H10FNO4/c7-2-3(5(9)10)1-4(8)6(11)12/h3-4H,1-2,8H2,(H,9,10)(H,11,12)/t3-,4+/m1/s1. The van der Waals surface area contributed by atoms with Crippen LogP contribution in [0.15, 0.2) is 0 Å². The number of hydrogen-bond donors (Lipinski definition) is 3. The fourth-order valence-corrected chi connectivity index (χ4v) is 0.637. The topological polar surface area (TPSA) is 101 Å². The van der Waals surface area contributed by atoms with Crippen LogP contribution in [0.2, 0.25) is 0 Å². The Morgan fingerprint density at radius 2 is 1.83 bits per heavy atom. The lowest BCUT2D eigenvalue weighted by molar-refractivity contribution is -0.144. The lowest BCUT2D eigenvalue weighted by Crippen LogP contribution is -2.35. The Morgan fingerprint density at radius 3 is 2.08 bits per heavy atom. The number of rotatable bonds is 5. The van der Waals surface area contributed by atoms with Crippen molar-refractivity contribution in [1.29, 1.82) is 0 Å². The van der Waals surface area contributed by atoms with E-state index in [0.717, 1.165) is 0 Å². The summed E-state index contributed by atoms with van der Waals surface area (Å²) in [7, 11) is 0. The summed E-state index contributed by atoms with van der Waals surface area (Å²) in [5.41, 5.74) is 5.00. The summed E-state index contributed by atoms with van der Waals surface area (Å²) in [4.78, 5) is 20.3. The molecule has 6 heteroatoms. The molecule has 70 valence electrons. The number of aliphatic carboxylic acids is 2. The minimum atomic E-state index is -1.37. The molecule has 0 aliphatic rings. The highest BCUT2D eigenvalue weighted by Gasteiger charge is 2.23. The number of carboxylic acid groups (broad SMARTS) is 2. The number of alkyl halides is 1. The second kappa shape index (κ2) is 4.66. The van der Waals surface area contributed by atoms with Gasteiger partial charge in [0.2, 0.25) is 0 Å². The molecule has 0 fully saturated rings. The molecule has 0 spiro atoms. The minimum absolute atomic E-state index is 0.388. The van der Waals surface area contributed by atoms with E-state index >= 15 is 0 Å². The van der Waals surface area contributed by atoms with Gasteiger partial charge in [0.05, 0.1) is 5.92 Å². The van der Waals surface area contributed by atoms with E-state index in [9.17, 15) is 14.0 Å². The molecule has 0 heterocycles. The Balaban J connectivity index is 4.02. The monoisotopic (exact) mass is 179 g/mol. The van der Waals surface area contributed by atoms with Gasteiger partial charge >= 0.3 is 11.9 Å². The highest BCUT2D eigenvalue weighted by molar-refractivity contribution is 5.75. The van der Waals surface area contributed by atoms with Gasteiger partial charge in [-0.05, 0) is 6.42 Å². The third kappa shape index (κ3) is 3.29. The van der Waals surface area contributed by atoms with Gasteiger partial charge in [-0.2, -0.15) is 0 Å². The minimum Gasteiger partial charge on any atom is -0.481 e. The molecule has 0 rings (SSSR count). The Hall–Kier alpha value is -1.17. The van der Waals surface area contributed by atoms with Gasteiger partial charge in [-0.1, -0.05) is 0 Å². The molecule has 0 aromatic rings. The molecule has 0 saturated heterocycles. The molecule has 2 atom stereocenters. The first-order valence-corrected chi connectivity index (χ1v) is 3.26. The predicted molar refractivity (Wildman–Crippen MR) is 37.3 cm³/mol. The second-order valence-corrected chi connectivity index (χ2v) is 2.37. The lowest BCUT2D eigenvalue weighted by Gasteiger charge is -2.10. The van der Waals surface area contributed by atoms with E-state index in [0.29, 0.717) is 0 Å². The summed E-state index contributed by atoms with van der Waals surface area (Å²) in [6, 6.07) is -1.32. The molecular formula is C6H10FNO4. The van der Waals surface area contributed by atoms with Crippen molar-refractivity contribution in [3.8, 4) is 0 Å². The lowest BCUT2D eigenvalue weighted by atomic mass is 10.0. The smallest absolute Gasteiger partial charge is 0.320 e. The zero-order chi connectivity index (χ0) is 9.72. The van der Waals surface area contributed by atoms with Gasteiger partial charge in [-0.25, -0.2) is 0 Å². The van der Waals surface area contributed by atoms with Crippen molar-refractivity contribution in [2.75, 3.05) is 6.67 Å². The van der Waals surface area contributed by atoms with Gasteiger partial charge in [-0.3, -0.25) is 14.0 Å². The zero-order valence-corrected chi connectivity index (χ0v) is 6.24. The van der Waals surface area contributed by atoms with Crippen LogP contribution in [0.1, 0.15) is 6.42 Å². The van der Waals surface area contributed by atoms with E-state index in [1.54, 1.807) is 0 Å². The van der Waals surface area contributed by atoms with Crippen molar-refractivity contribution in [3.63, 3.8) is 0 Å².